The molecule has 0 bridgehead atoms. The molecule has 0 aliphatic rings. The van der Waals surface area contributed by atoms with E-state index >= 15 is 0 Å². The maximum Gasteiger partial charge on any atom is 0.227 e. The Kier molecular flexibility index (Phi) is 4.25. The van der Waals surface area contributed by atoms with Gasteiger partial charge < -0.3 is 10.1 Å². The molecule has 2 heterocycles. The number of ether oxygens (including phenoxy) is 1. The first kappa shape index (κ1) is 12.5. The molecule has 0 unspecified atom stereocenters. The van der Waals surface area contributed by atoms with E-state index in [1.807, 2.05) is 23.3 Å². The van der Waals surface area contributed by atoms with E-state index in [-0.39, 0.29) is 0 Å². The van der Waals surface area contributed by atoms with E-state index in [9.17, 15) is 0 Å². The fourth-order valence-electron chi connectivity index (χ4n) is 1.47. The van der Waals surface area contributed by atoms with Crippen LogP contribution in [0.15, 0.2) is 24.8 Å². The highest BCUT2D eigenvalue weighted by Gasteiger charge is 2.01. The van der Waals surface area contributed by atoms with Crippen LogP contribution >= 0.6 is 0 Å². The summed E-state index contributed by atoms with van der Waals surface area (Å²) in [7, 11) is 1.67. The van der Waals surface area contributed by atoms with Gasteiger partial charge in [0, 0.05) is 25.7 Å². The minimum absolute atomic E-state index is 0.582. The summed E-state index contributed by atoms with van der Waals surface area (Å²) in [6.45, 7) is 3.45. The summed E-state index contributed by atoms with van der Waals surface area (Å²) in [5, 5.41) is 7.31. The van der Waals surface area contributed by atoms with E-state index in [1.54, 1.807) is 13.3 Å². The lowest BCUT2D eigenvalue weighted by molar-refractivity contribution is 0.183. The van der Waals surface area contributed by atoms with Crippen molar-refractivity contribution in [2.75, 3.05) is 19.0 Å². The molecule has 2 aromatic heterocycles. The van der Waals surface area contributed by atoms with Gasteiger partial charge in [-0.3, -0.25) is 4.68 Å². The fourth-order valence-corrected chi connectivity index (χ4v) is 1.47. The Morgan fingerprint density at radius 1 is 1.28 bits per heavy atom. The highest BCUT2D eigenvalue weighted by molar-refractivity contribution is 5.49. The molecule has 2 rings (SSSR count). The van der Waals surface area contributed by atoms with Crippen molar-refractivity contribution in [3.8, 4) is 0 Å². The highest BCUT2D eigenvalue weighted by atomic mass is 16.5. The molecule has 0 spiro atoms. The fraction of sp³-hybridized carbons (Fsp3) is 0.417. The Hall–Kier alpha value is -1.95. The quantitative estimate of drug-likeness (QED) is 0.840. The van der Waals surface area contributed by atoms with Crippen LogP contribution in [0.5, 0.6) is 0 Å². The zero-order chi connectivity index (χ0) is 12.8. The zero-order valence-electron chi connectivity index (χ0n) is 10.6. The minimum Gasteiger partial charge on any atom is -0.383 e. The van der Waals surface area contributed by atoms with E-state index in [0.29, 0.717) is 12.6 Å². The number of hydrogen-bond acceptors (Lipinski definition) is 5. The molecule has 0 saturated heterocycles. The Morgan fingerprint density at radius 2 is 2.06 bits per heavy atom. The van der Waals surface area contributed by atoms with Crippen LogP contribution in [0.2, 0.25) is 0 Å². The van der Waals surface area contributed by atoms with E-state index < -0.39 is 0 Å². The van der Waals surface area contributed by atoms with Gasteiger partial charge in [0.1, 0.15) is 0 Å². The zero-order valence-corrected chi connectivity index (χ0v) is 10.6. The molecule has 18 heavy (non-hydrogen) atoms. The van der Waals surface area contributed by atoms with Gasteiger partial charge in [0.25, 0.3) is 0 Å². The minimum atomic E-state index is 0.582. The molecule has 0 saturated carbocycles. The van der Waals surface area contributed by atoms with Gasteiger partial charge in [-0.15, -0.1) is 0 Å². The van der Waals surface area contributed by atoms with Gasteiger partial charge in [0.15, 0.2) is 0 Å². The maximum absolute atomic E-state index is 4.99. The summed E-state index contributed by atoms with van der Waals surface area (Å²) >= 11 is 0. The molecular formula is C12H17N5O. The van der Waals surface area contributed by atoms with E-state index in [0.717, 1.165) is 24.2 Å². The van der Waals surface area contributed by atoms with Crippen molar-refractivity contribution in [1.82, 2.24) is 19.7 Å². The van der Waals surface area contributed by atoms with Gasteiger partial charge in [0.2, 0.25) is 5.95 Å². The Labute approximate surface area is 106 Å². The van der Waals surface area contributed by atoms with Crippen molar-refractivity contribution in [1.29, 1.82) is 0 Å². The van der Waals surface area contributed by atoms with Gasteiger partial charge in [-0.05, 0) is 12.0 Å². The molecule has 0 fully saturated rings. The second kappa shape index (κ2) is 6.11. The molecule has 0 atom stereocenters. The van der Waals surface area contributed by atoms with Crippen LogP contribution in [0.25, 0.3) is 0 Å². The molecular weight excluding hydrogens is 230 g/mol. The molecule has 6 heteroatoms. The van der Waals surface area contributed by atoms with Crippen LogP contribution in [0.3, 0.4) is 0 Å². The first-order valence-corrected chi connectivity index (χ1v) is 5.91. The standard InChI is InChI=1S/C12H17N5O/c1-3-10-6-13-12(14-7-10)16-11-8-15-17(9-11)4-5-18-2/h6-9H,3-5H2,1-2H3,(H,13,14,16). The summed E-state index contributed by atoms with van der Waals surface area (Å²) in [6.07, 6.45) is 8.23. The summed E-state index contributed by atoms with van der Waals surface area (Å²) in [5.41, 5.74) is 1.99. The van der Waals surface area contributed by atoms with Crippen LogP contribution < -0.4 is 5.32 Å². The van der Waals surface area contributed by atoms with Crippen molar-refractivity contribution >= 4 is 11.6 Å². The largest absolute Gasteiger partial charge is 0.383 e. The lowest BCUT2D eigenvalue weighted by atomic mass is 10.3. The van der Waals surface area contributed by atoms with Crippen LogP contribution in [0.1, 0.15) is 12.5 Å². The number of anilines is 2. The van der Waals surface area contributed by atoms with Crippen LogP contribution in [-0.2, 0) is 17.7 Å². The molecule has 2 aromatic rings. The number of methoxy groups -OCH3 is 1. The molecule has 96 valence electrons. The molecule has 0 radical (unpaired) electrons. The number of hydrogen-bond donors (Lipinski definition) is 1. The predicted molar refractivity (Wildman–Crippen MR) is 68.8 cm³/mol. The predicted octanol–water partition coefficient (Wildman–Crippen LogP) is 1.63. The molecule has 0 aliphatic carbocycles. The third-order valence-electron chi connectivity index (χ3n) is 2.53. The first-order chi connectivity index (χ1) is 8.81. The Bertz CT molecular complexity index is 479. The second-order valence-corrected chi connectivity index (χ2v) is 3.88. The van der Waals surface area contributed by atoms with Gasteiger partial charge in [-0.2, -0.15) is 5.10 Å². The lowest BCUT2D eigenvalue weighted by Gasteiger charge is -2.02. The van der Waals surface area contributed by atoms with Crippen molar-refractivity contribution in [3.63, 3.8) is 0 Å². The third-order valence-corrected chi connectivity index (χ3v) is 2.53. The third kappa shape index (κ3) is 3.27. The van der Waals surface area contributed by atoms with E-state index in [2.05, 4.69) is 27.3 Å². The average molecular weight is 247 g/mol. The molecule has 0 amide bonds. The molecule has 0 aliphatic heterocycles. The molecule has 6 nitrogen and oxygen atoms in total. The summed E-state index contributed by atoms with van der Waals surface area (Å²) < 4.78 is 6.80. The van der Waals surface area contributed by atoms with Gasteiger partial charge >= 0.3 is 0 Å². The van der Waals surface area contributed by atoms with Crippen LogP contribution in [-0.4, -0.2) is 33.5 Å². The maximum atomic E-state index is 4.99. The highest BCUT2D eigenvalue weighted by Crippen LogP contribution is 2.11. The average Bonchev–Trinajstić information content (AvgIpc) is 2.85. The van der Waals surface area contributed by atoms with Crippen molar-refractivity contribution in [2.45, 2.75) is 19.9 Å². The Morgan fingerprint density at radius 3 is 2.72 bits per heavy atom. The number of nitrogens with one attached hydrogen (secondary N) is 1. The SMILES string of the molecule is CCc1cnc(Nc2cnn(CCOC)c2)nc1. The monoisotopic (exact) mass is 247 g/mol. The topological polar surface area (TPSA) is 64.9 Å². The van der Waals surface area contributed by atoms with Crippen molar-refractivity contribution in [2.24, 2.45) is 0 Å². The number of rotatable bonds is 6. The van der Waals surface area contributed by atoms with Crippen molar-refractivity contribution in [3.05, 3.63) is 30.4 Å². The molecule has 1 N–H and O–H groups in total. The second-order valence-electron chi connectivity index (χ2n) is 3.88. The van der Waals surface area contributed by atoms with Crippen LogP contribution in [0, 0.1) is 0 Å². The number of aryl methyl sites for hydroxylation is 1. The Balaban J connectivity index is 1.97. The van der Waals surface area contributed by atoms with Gasteiger partial charge in [0.05, 0.1) is 25.0 Å². The molecule has 0 aromatic carbocycles. The van der Waals surface area contributed by atoms with Crippen molar-refractivity contribution < 1.29 is 4.74 Å². The normalized spacial score (nSPS) is 10.6. The summed E-state index contributed by atoms with van der Waals surface area (Å²) in [4.78, 5) is 8.46. The smallest absolute Gasteiger partial charge is 0.227 e. The van der Waals surface area contributed by atoms with Gasteiger partial charge in [-0.1, -0.05) is 6.92 Å². The van der Waals surface area contributed by atoms with E-state index in [4.69, 9.17) is 4.74 Å². The lowest BCUT2D eigenvalue weighted by Crippen LogP contribution is -2.04. The number of nitrogens with zero attached hydrogens (tertiary/aromatic N) is 4. The van der Waals surface area contributed by atoms with Crippen LogP contribution in [0.4, 0.5) is 11.6 Å². The summed E-state index contributed by atoms with van der Waals surface area (Å²) in [6, 6.07) is 0. The first-order valence-electron chi connectivity index (χ1n) is 5.91. The number of aromatic nitrogens is 4. The van der Waals surface area contributed by atoms with E-state index in [1.165, 1.54) is 0 Å². The van der Waals surface area contributed by atoms with Gasteiger partial charge in [-0.25, -0.2) is 9.97 Å². The summed E-state index contributed by atoms with van der Waals surface area (Å²) in [5.74, 6) is 0.582.